The second-order valence-electron chi connectivity index (χ2n) is 5.70. The van der Waals surface area contributed by atoms with E-state index in [1.54, 1.807) is 21.0 Å². The molecule has 0 aromatic heterocycles. The van der Waals surface area contributed by atoms with Crippen LogP contribution in [0.4, 0.5) is 0 Å². The Balaban J connectivity index is -0.000000209. The molecular formula is C19H38N4O8. The third kappa shape index (κ3) is 10.6. The Morgan fingerprint density at radius 3 is 1.52 bits per heavy atom. The lowest BCUT2D eigenvalue weighted by Crippen LogP contribution is -2.36. The predicted octanol–water partition coefficient (Wildman–Crippen LogP) is 0.416. The number of nitrogens with one attached hydrogen (secondary N) is 2. The Kier molecular flexibility index (Phi) is 19.4. The first-order valence-corrected chi connectivity index (χ1v) is 8.14. The third-order valence-corrected chi connectivity index (χ3v) is 3.36. The molecule has 0 bridgehead atoms. The van der Waals surface area contributed by atoms with Gasteiger partial charge >= 0.3 is 11.9 Å². The van der Waals surface area contributed by atoms with Gasteiger partial charge in [-0.25, -0.2) is 9.59 Å². The van der Waals surface area contributed by atoms with Gasteiger partial charge in [0.25, 0.3) is 23.6 Å². The number of hydroxylamine groups is 4. The second kappa shape index (κ2) is 16.9. The van der Waals surface area contributed by atoms with E-state index in [4.69, 9.17) is 0 Å². The van der Waals surface area contributed by atoms with Crippen LogP contribution in [0.15, 0.2) is 0 Å². The predicted molar refractivity (Wildman–Crippen MR) is 114 cm³/mol. The molecule has 2 N–H and O–H groups in total. The van der Waals surface area contributed by atoms with Gasteiger partial charge in [-0.05, 0) is 14.1 Å². The van der Waals surface area contributed by atoms with E-state index in [1.807, 2.05) is 0 Å². The lowest BCUT2D eigenvalue weighted by atomic mass is 10.1. The lowest BCUT2D eigenvalue weighted by Gasteiger charge is -2.12. The number of carbonyl (C=O) groups is 6. The summed E-state index contributed by atoms with van der Waals surface area (Å²) in [6.45, 7) is 1.55. The van der Waals surface area contributed by atoms with Crippen LogP contribution >= 0.6 is 0 Å². The van der Waals surface area contributed by atoms with Crippen LogP contribution < -0.4 is 10.6 Å². The molecule has 0 aromatic rings. The highest BCUT2D eigenvalue weighted by atomic mass is 16.7. The van der Waals surface area contributed by atoms with Crippen LogP contribution in [-0.4, -0.2) is 72.9 Å². The van der Waals surface area contributed by atoms with Crippen molar-refractivity contribution in [2.45, 2.75) is 55.9 Å². The number of amides is 4. The lowest BCUT2D eigenvalue weighted by molar-refractivity contribution is -0.197. The number of hydrogen-bond acceptors (Lipinski definition) is 10. The Hall–Kier alpha value is -2.86. The standard InChI is InChI=1S/C8H12N2O4.C7H10N2O4.4CH4/c1-5-3-6(11)10(8(5)13)14-7(12)4-9-2;1-8-4-7(12)13-9-5(10)2-3-6(9)11;;;;/h5,9H,3-4H2,1-2H3;8H,2-4H2,1H3;4*1H4. The van der Waals surface area contributed by atoms with Crippen LogP contribution in [0.5, 0.6) is 0 Å². The molecule has 182 valence electrons. The fourth-order valence-electron chi connectivity index (χ4n) is 2.07. The van der Waals surface area contributed by atoms with Crippen LogP contribution in [0.1, 0.15) is 55.9 Å². The average Bonchev–Trinajstić information content (AvgIpc) is 3.03. The molecule has 1 atom stereocenters. The summed E-state index contributed by atoms with van der Waals surface area (Å²) < 4.78 is 0. The molecule has 0 radical (unpaired) electrons. The van der Waals surface area contributed by atoms with Gasteiger partial charge in [-0.15, -0.1) is 10.1 Å². The molecule has 0 aliphatic carbocycles. The molecule has 12 heteroatoms. The van der Waals surface area contributed by atoms with Crippen molar-refractivity contribution in [2.24, 2.45) is 5.92 Å². The number of rotatable bonds is 6. The SMILES string of the molecule is C.C.C.C.CNCC(=O)ON1C(=O)CC(C)C1=O.CNCC(=O)ON1C(=O)CCC1=O. The summed E-state index contributed by atoms with van der Waals surface area (Å²) in [6, 6.07) is 0. The highest BCUT2D eigenvalue weighted by molar-refractivity contribution is 6.03. The summed E-state index contributed by atoms with van der Waals surface area (Å²) in [5, 5.41) is 6.18. The van der Waals surface area contributed by atoms with Crippen LogP contribution in [0.25, 0.3) is 0 Å². The van der Waals surface area contributed by atoms with E-state index in [2.05, 4.69) is 20.3 Å². The van der Waals surface area contributed by atoms with Crippen LogP contribution in [0.3, 0.4) is 0 Å². The van der Waals surface area contributed by atoms with Crippen LogP contribution in [0, 0.1) is 5.92 Å². The fourth-order valence-corrected chi connectivity index (χ4v) is 2.07. The van der Waals surface area contributed by atoms with Crippen molar-refractivity contribution in [1.29, 1.82) is 0 Å². The number of hydrogen-bond donors (Lipinski definition) is 2. The highest BCUT2D eigenvalue weighted by Gasteiger charge is 2.38. The first-order valence-electron chi connectivity index (χ1n) is 8.14. The van der Waals surface area contributed by atoms with E-state index in [0.29, 0.717) is 10.1 Å². The van der Waals surface area contributed by atoms with Crippen molar-refractivity contribution in [2.75, 3.05) is 27.2 Å². The Morgan fingerprint density at radius 1 is 0.806 bits per heavy atom. The molecule has 31 heavy (non-hydrogen) atoms. The van der Waals surface area contributed by atoms with Gasteiger partial charge in [-0.2, -0.15) is 0 Å². The minimum absolute atomic E-state index is 0. The second-order valence-corrected chi connectivity index (χ2v) is 5.70. The summed E-state index contributed by atoms with van der Waals surface area (Å²) in [4.78, 5) is 75.2. The molecule has 0 spiro atoms. The van der Waals surface area contributed by atoms with E-state index in [0.717, 1.165) is 0 Å². The minimum Gasteiger partial charge on any atom is -0.329 e. The molecule has 2 aliphatic heterocycles. The van der Waals surface area contributed by atoms with Crippen LogP contribution in [0.2, 0.25) is 0 Å². The third-order valence-electron chi connectivity index (χ3n) is 3.36. The number of carbonyl (C=O) groups excluding carboxylic acids is 6. The van der Waals surface area contributed by atoms with E-state index in [-0.39, 0.29) is 62.1 Å². The van der Waals surface area contributed by atoms with Gasteiger partial charge in [0.05, 0.1) is 13.1 Å². The van der Waals surface area contributed by atoms with Crippen molar-refractivity contribution < 1.29 is 38.4 Å². The molecule has 2 heterocycles. The molecule has 0 saturated carbocycles. The Labute approximate surface area is 184 Å². The maximum Gasteiger partial charge on any atom is 0.346 e. The van der Waals surface area contributed by atoms with Gasteiger partial charge in [-0.1, -0.05) is 36.6 Å². The molecular weight excluding hydrogens is 412 g/mol. The van der Waals surface area contributed by atoms with E-state index in [1.165, 1.54) is 0 Å². The smallest absolute Gasteiger partial charge is 0.329 e. The molecule has 12 nitrogen and oxygen atoms in total. The van der Waals surface area contributed by atoms with Crippen LogP contribution in [-0.2, 0) is 38.4 Å². The monoisotopic (exact) mass is 450 g/mol. The molecule has 0 aromatic carbocycles. The normalized spacial score (nSPS) is 16.7. The first-order chi connectivity index (χ1) is 12.7. The van der Waals surface area contributed by atoms with Gasteiger partial charge in [0, 0.05) is 25.2 Å². The molecule has 2 fully saturated rings. The number of imide groups is 2. The van der Waals surface area contributed by atoms with Crippen molar-refractivity contribution in [3.8, 4) is 0 Å². The summed E-state index contributed by atoms with van der Waals surface area (Å²) in [5.41, 5.74) is 0. The van der Waals surface area contributed by atoms with Gasteiger partial charge in [0.15, 0.2) is 0 Å². The summed E-state index contributed by atoms with van der Waals surface area (Å²) in [5.74, 6) is -3.55. The maximum absolute atomic E-state index is 11.3. The zero-order valence-corrected chi connectivity index (χ0v) is 15.3. The quantitative estimate of drug-likeness (QED) is 0.545. The summed E-state index contributed by atoms with van der Waals surface area (Å²) in [6.07, 6.45) is 0.336. The van der Waals surface area contributed by atoms with Crippen molar-refractivity contribution in [1.82, 2.24) is 20.8 Å². The fraction of sp³-hybridized carbons (Fsp3) is 0.684. The molecule has 2 saturated heterocycles. The Bertz CT molecular complexity index is 622. The van der Waals surface area contributed by atoms with Gasteiger partial charge < -0.3 is 20.3 Å². The highest BCUT2D eigenvalue weighted by Crippen LogP contribution is 2.18. The molecule has 4 amide bonds. The van der Waals surface area contributed by atoms with Crippen molar-refractivity contribution in [3.63, 3.8) is 0 Å². The number of likely N-dealkylation sites (N-methyl/N-ethyl adjacent to an activating group) is 2. The summed E-state index contributed by atoms with van der Waals surface area (Å²) in [7, 11) is 3.13. The zero-order valence-electron chi connectivity index (χ0n) is 15.3. The van der Waals surface area contributed by atoms with E-state index >= 15 is 0 Å². The van der Waals surface area contributed by atoms with Gasteiger partial charge in [0.2, 0.25) is 0 Å². The minimum atomic E-state index is -0.650. The van der Waals surface area contributed by atoms with E-state index in [9.17, 15) is 28.8 Å². The largest absolute Gasteiger partial charge is 0.346 e. The number of nitrogens with zero attached hydrogens (tertiary/aromatic N) is 2. The van der Waals surface area contributed by atoms with Gasteiger partial charge in [-0.3, -0.25) is 19.2 Å². The van der Waals surface area contributed by atoms with Crippen molar-refractivity contribution >= 4 is 35.6 Å². The van der Waals surface area contributed by atoms with Crippen molar-refractivity contribution in [3.05, 3.63) is 0 Å². The molecule has 1 unspecified atom stereocenters. The summed E-state index contributed by atoms with van der Waals surface area (Å²) >= 11 is 0. The zero-order chi connectivity index (χ0) is 20.6. The molecule has 2 aliphatic rings. The topological polar surface area (TPSA) is 151 Å². The molecule has 2 rings (SSSR count). The average molecular weight is 451 g/mol. The Morgan fingerprint density at radius 2 is 1.19 bits per heavy atom. The first kappa shape index (κ1) is 35.6. The van der Waals surface area contributed by atoms with E-state index < -0.39 is 41.5 Å². The van der Waals surface area contributed by atoms with Gasteiger partial charge in [0.1, 0.15) is 0 Å². The maximum atomic E-state index is 11.3.